The molecule has 0 saturated heterocycles. The van der Waals surface area contributed by atoms with Gasteiger partial charge in [-0.1, -0.05) is 44.2 Å². The summed E-state index contributed by atoms with van der Waals surface area (Å²) in [4.78, 5) is 13.1. The molecule has 1 atom stereocenters. The molecule has 5 nitrogen and oxygen atoms in total. The second-order valence-corrected chi connectivity index (χ2v) is 7.48. The van der Waals surface area contributed by atoms with E-state index in [2.05, 4.69) is 5.10 Å². The number of hydrazone groups is 1. The lowest BCUT2D eigenvalue weighted by Gasteiger charge is -2.35. The summed E-state index contributed by atoms with van der Waals surface area (Å²) in [6.07, 6.45) is 1.15. The second-order valence-electron chi connectivity index (χ2n) is 7.48. The zero-order valence-corrected chi connectivity index (χ0v) is 19.0. The molecule has 1 aliphatic heterocycles. The fourth-order valence-corrected chi connectivity index (χ4v) is 3.38. The van der Waals surface area contributed by atoms with Crippen molar-refractivity contribution in [1.29, 1.82) is 0 Å². The average molecular weight is 474 g/mol. The smallest absolute Gasteiger partial charge is 0.246 e. The van der Waals surface area contributed by atoms with E-state index in [-0.39, 0.29) is 54.5 Å². The number of ether oxygens (including phenoxy) is 1. The Bertz CT molecular complexity index is 913. The quantitative estimate of drug-likeness (QED) is 0.617. The van der Waals surface area contributed by atoms with E-state index in [0.717, 1.165) is 18.2 Å². The van der Waals surface area contributed by atoms with Gasteiger partial charge in [-0.25, -0.2) is 8.78 Å². The van der Waals surface area contributed by atoms with Crippen LogP contribution in [0.25, 0.3) is 0 Å². The zero-order chi connectivity index (χ0) is 21.0. The van der Waals surface area contributed by atoms with Crippen LogP contribution in [0, 0.1) is 17.6 Å². The molecule has 0 aromatic heterocycles. The van der Waals surface area contributed by atoms with Gasteiger partial charge < -0.3 is 10.5 Å². The predicted octanol–water partition coefficient (Wildman–Crippen LogP) is 4.97. The van der Waals surface area contributed by atoms with Crippen molar-refractivity contribution in [3.05, 3.63) is 71.3 Å². The number of carbonyl (C=O) groups excluding carboxylic acids is 1. The fourth-order valence-electron chi connectivity index (χ4n) is 3.38. The maximum absolute atomic E-state index is 14.4. The molecule has 2 aromatic rings. The van der Waals surface area contributed by atoms with Gasteiger partial charge in [0.1, 0.15) is 11.6 Å². The SMILES string of the molecule is CC(C)CC(=O)N1N=C(c2cc(F)ccc2F)OC1(CCCN)c1ccccc1.Cl.Cl. The maximum Gasteiger partial charge on any atom is 0.246 e. The lowest BCUT2D eigenvalue weighted by Crippen LogP contribution is -2.45. The van der Waals surface area contributed by atoms with Crippen LogP contribution in [-0.2, 0) is 15.3 Å². The highest BCUT2D eigenvalue weighted by Gasteiger charge is 2.49. The maximum atomic E-state index is 14.4. The molecule has 0 spiro atoms. The first-order valence-electron chi connectivity index (χ1n) is 9.69. The third kappa shape index (κ3) is 5.73. The monoisotopic (exact) mass is 473 g/mol. The Balaban J connectivity index is 0.00000240. The number of nitrogens with zero attached hydrogens (tertiary/aromatic N) is 2. The summed E-state index contributed by atoms with van der Waals surface area (Å²) in [7, 11) is 0. The Kier molecular flexibility index (Phi) is 9.87. The molecule has 0 radical (unpaired) electrons. The standard InChI is InChI=1S/C22H25F2N3O2.2ClH/c1-15(2)13-20(28)27-22(11-6-12-25,16-7-4-3-5-8-16)29-21(26-27)18-14-17(23)9-10-19(18)24;;/h3-5,7-10,14-15H,6,11-13,25H2,1-2H3;2*1H. The molecule has 0 bridgehead atoms. The normalized spacial score (nSPS) is 17.5. The van der Waals surface area contributed by atoms with E-state index in [4.69, 9.17) is 10.5 Å². The van der Waals surface area contributed by atoms with E-state index >= 15 is 0 Å². The van der Waals surface area contributed by atoms with E-state index in [1.165, 1.54) is 5.01 Å². The first-order valence-corrected chi connectivity index (χ1v) is 9.69. The van der Waals surface area contributed by atoms with Crippen LogP contribution in [0.4, 0.5) is 8.78 Å². The first-order chi connectivity index (χ1) is 13.9. The molecule has 1 aliphatic rings. The average Bonchev–Trinajstić information content (AvgIpc) is 3.09. The van der Waals surface area contributed by atoms with E-state index in [0.29, 0.717) is 24.9 Å². The van der Waals surface area contributed by atoms with Gasteiger partial charge in [-0.05, 0) is 37.1 Å². The van der Waals surface area contributed by atoms with Crippen LogP contribution in [0.1, 0.15) is 44.2 Å². The number of amides is 1. The molecule has 0 fully saturated rings. The molecule has 2 N–H and O–H groups in total. The highest BCUT2D eigenvalue weighted by atomic mass is 35.5. The van der Waals surface area contributed by atoms with Gasteiger partial charge in [0.15, 0.2) is 0 Å². The van der Waals surface area contributed by atoms with E-state index in [1.54, 1.807) is 0 Å². The molecule has 0 aliphatic carbocycles. The Morgan fingerprint density at radius 3 is 2.45 bits per heavy atom. The third-order valence-electron chi connectivity index (χ3n) is 4.72. The van der Waals surface area contributed by atoms with Crippen molar-refractivity contribution in [2.45, 2.75) is 38.8 Å². The van der Waals surface area contributed by atoms with Gasteiger partial charge in [0.25, 0.3) is 0 Å². The second kappa shape index (κ2) is 11.4. The summed E-state index contributed by atoms with van der Waals surface area (Å²) in [6, 6.07) is 12.2. The molecular formula is C22H27Cl2F2N3O2. The summed E-state index contributed by atoms with van der Waals surface area (Å²) < 4.78 is 34.4. The minimum atomic E-state index is -1.26. The fraction of sp³-hybridized carbons (Fsp3) is 0.364. The van der Waals surface area contributed by atoms with Crippen molar-refractivity contribution in [2.75, 3.05) is 6.54 Å². The number of nitrogens with two attached hydrogens (primary N) is 1. The van der Waals surface area contributed by atoms with Crippen LogP contribution in [0.3, 0.4) is 0 Å². The van der Waals surface area contributed by atoms with Gasteiger partial charge in [-0.2, -0.15) is 5.01 Å². The number of halogens is 4. The number of carbonyl (C=O) groups is 1. The molecule has 31 heavy (non-hydrogen) atoms. The van der Waals surface area contributed by atoms with Gasteiger partial charge in [-0.15, -0.1) is 29.9 Å². The number of rotatable bonds is 7. The number of benzene rings is 2. The molecule has 2 aromatic carbocycles. The topological polar surface area (TPSA) is 67.9 Å². The largest absolute Gasteiger partial charge is 0.443 e. The van der Waals surface area contributed by atoms with Gasteiger partial charge in [-0.3, -0.25) is 4.79 Å². The summed E-state index contributed by atoms with van der Waals surface area (Å²) >= 11 is 0. The zero-order valence-electron chi connectivity index (χ0n) is 17.4. The summed E-state index contributed by atoms with van der Waals surface area (Å²) in [5.74, 6) is -1.58. The molecule has 170 valence electrons. The van der Waals surface area contributed by atoms with Crippen molar-refractivity contribution < 1.29 is 18.3 Å². The molecule has 9 heteroatoms. The predicted molar refractivity (Wildman–Crippen MR) is 121 cm³/mol. The Labute approximate surface area is 193 Å². The van der Waals surface area contributed by atoms with Crippen LogP contribution in [0.15, 0.2) is 53.6 Å². The summed E-state index contributed by atoms with van der Waals surface area (Å²) in [6.45, 7) is 4.24. The molecule has 1 heterocycles. The molecule has 1 amide bonds. The van der Waals surface area contributed by atoms with Crippen molar-refractivity contribution in [1.82, 2.24) is 5.01 Å². The lowest BCUT2D eigenvalue weighted by atomic mass is 9.95. The Morgan fingerprint density at radius 1 is 1.16 bits per heavy atom. The van der Waals surface area contributed by atoms with Crippen molar-refractivity contribution in [2.24, 2.45) is 16.8 Å². The first kappa shape index (κ1) is 26.8. The van der Waals surface area contributed by atoms with Crippen LogP contribution < -0.4 is 5.73 Å². The van der Waals surface area contributed by atoms with E-state index in [9.17, 15) is 13.6 Å². The summed E-state index contributed by atoms with van der Waals surface area (Å²) in [5.41, 5.74) is 5.03. The highest BCUT2D eigenvalue weighted by molar-refractivity contribution is 5.97. The summed E-state index contributed by atoms with van der Waals surface area (Å²) in [5, 5.41) is 5.60. The van der Waals surface area contributed by atoms with E-state index in [1.807, 2.05) is 44.2 Å². The van der Waals surface area contributed by atoms with Crippen LogP contribution in [-0.4, -0.2) is 23.4 Å². The van der Waals surface area contributed by atoms with Crippen molar-refractivity contribution in [3.8, 4) is 0 Å². The lowest BCUT2D eigenvalue weighted by molar-refractivity contribution is -0.153. The number of hydrogen-bond acceptors (Lipinski definition) is 4. The van der Waals surface area contributed by atoms with Gasteiger partial charge >= 0.3 is 0 Å². The van der Waals surface area contributed by atoms with Gasteiger partial charge in [0.2, 0.25) is 17.5 Å². The van der Waals surface area contributed by atoms with Crippen LogP contribution in [0.5, 0.6) is 0 Å². The minimum Gasteiger partial charge on any atom is -0.443 e. The Hall–Kier alpha value is -2.22. The Morgan fingerprint density at radius 2 is 1.84 bits per heavy atom. The highest BCUT2D eigenvalue weighted by Crippen LogP contribution is 2.41. The van der Waals surface area contributed by atoms with Crippen LogP contribution in [0.2, 0.25) is 0 Å². The van der Waals surface area contributed by atoms with Gasteiger partial charge in [0, 0.05) is 18.4 Å². The molecule has 3 rings (SSSR count). The van der Waals surface area contributed by atoms with Crippen molar-refractivity contribution in [3.63, 3.8) is 0 Å². The minimum absolute atomic E-state index is 0. The molecular weight excluding hydrogens is 447 g/mol. The van der Waals surface area contributed by atoms with E-state index < -0.39 is 17.4 Å². The van der Waals surface area contributed by atoms with Gasteiger partial charge in [0.05, 0.1) is 5.56 Å². The van der Waals surface area contributed by atoms with Crippen molar-refractivity contribution >= 4 is 36.6 Å². The molecule has 0 saturated carbocycles. The van der Waals surface area contributed by atoms with Crippen LogP contribution >= 0.6 is 24.8 Å². The number of hydrogen-bond donors (Lipinski definition) is 1. The third-order valence-corrected chi connectivity index (χ3v) is 4.72. The molecule has 1 unspecified atom stereocenters.